The molecule has 1 aromatic carbocycles. The molecule has 0 spiro atoms. The van der Waals surface area contributed by atoms with Gasteiger partial charge in [-0.25, -0.2) is 4.98 Å². The SMILES string of the molecule is Cc1ccccc1-c1n[nH]c(CN)n1. The highest BCUT2D eigenvalue weighted by molar-refractivity contribution is 5.59. The number of rotatable bonds is 2. The normalized spacial score (nSPS) is 10.4. The van der Waals surface area contributed by atoms with Gasteiger partial charge in [0.15, 0.2) is 5.82 Å². The van der Waals surface area contributed by atoms with Crippen molar-refractivity contribution < 1.29 is 0 Å². The van der Waals surface area contributed by atoms with Crippen molar-refractivity contribution in [2.75, 3.05) is 0 Å². The smallest absolute Gasteiger partial charge is 0.181 e. The summed E-state index contributed by atoms with van der Waals surface area (Å²) in [5.41, 5.74) is 7.65. The lowest BCUT2D eigenvalue weighted by Crippen LogP contribution is -1.97. The Morgan fingerprint density at radius 1 is 1.36 bits per heavy atom. The Morgan fingerprint density at radius 3 is 2.79 bits per heavy atom. The van der Waals surface area contributed by atoms with Gasteiger partial charge in [-0.1, -0.05) is 24.3 Å². The lowest BCUT2D eigenvalue weighted by Gasteiger charge is -1.98. The molecule has 0 fully saturated rings. The Balaban J connectivity index is 2.44. The first-order chi connectivity index (χ1) is 6.81. The number of hydrogen-bond donors (Lipinski definition) is 2. The maximum atomic E-state index is 5.45. The molecule has 0 atom stereocenters. The molecule has 14 heavy (non-hydrogen) atoms. The van der Waals surface area contributed by atoms with Gasteiger partial charge in [-0.05, 0) is 12.5 Å². The molecule has 0 aliphatic heterocycles. The zero-order valence-corrected chi connectivity index (χ0v) is 7.99. The van der Waals surface area contributed by atoms with Gasteiger partial charge >= 0.3 is 0 Å². The van der Waals surface area contributed by atoms with Crippen LogP contribution in [0, 0.1) is 6.92 Å². The molecule has 0 radical (unpaired) electrons. The van der Waals surface area contributed by atoms with E-state index in [1.807, 2.05) is 31.2 Å². The second-order valence-corrected chi connectivity index (χ2v) is 3.12. The lowest BCUT2D eigenvalue weighted by molar-refractivity contribution is 0.917. The van der Waals surface area contributed by atoms with Crippen LogP contribution in [-0.4, -0.2) is 15.2 Å². The molecule has 0 saturated carbocycles. The first-order valence-electron chi connectivity index (χ1n) is 4.48. The number of hydrogen-bond acceptors (Lipinski definition) is 3. The molecule has 3 N–H and O–H groups in total. The van der Waals surface area contributed by atoms with Gasteiger partial charge in [-0.2, -0.15) is 5.10 Å². The van der Waals surface area contributed by atoms with Gasteiger partial charge in [0.1, 0.15) is 5.82 Å². The number of benzene rings is 1. The third-order valence-electron chi connectivity index (χ3n) is 2.11. The van der Waals surface area contributed by atoms with E-state index in [4.69, 9.17) is 5.73 Å². The van der Waals surface area contributed by atoms with Crippen molar-refractivity contribution in [1.29, 1.82) is 0 Å². The minimum atomic E-state index is 0.388. The molecule has 0 unspecified atom stereocenters. The molecule has 1 aromatic heterocycles. The molecule has 4 heteroatoms. The summed E-state index contributed by atoms with van der Waals surface area (Å²) < 4.78 is 0. The van der Waals surface area contributed by atoms with Crippen LogP contribution in [0.2, 0.25) is 0 Å². The number of aromatic amines is 1. The minimum Gasteiger partial charge on any atom is -0.324 e. The van der Waals surface area contributed by atoms with Crippen molar-refractivity contribution in [2.45, 2.75) is 13.5 Å². The molecule has 0 aliphatic carbocycles. The van der Waals surface area contributed by atoms with E-state index >= 15 is 0 Å². The zero-order valence-electron chi connectivity index (χ0n) is 7.99. The monoisotopic (exact) mass is 188 g/mol. The molecule has 2 aromatic rings. The van der Waals surface area contributed by atoms with Crippen LogP contribution in [-0.2, 0) is 6.54 Å². The minimum absolute atomic E-state index is 0.388. The van der Waals surface area contributed by atoms with Crippen LogP contribution in [0.3, 0.4) is 0 Å². The van der Waals surface area contributed by atoms with Gasteiger partial charge in [0, 0.05) is 5.56 Å². The van der Waals surface area contributed by atoms with Gasteiger partial charge < -0.3 is 5.73 Å². The largest absolute Gasteiger partial charge is 0.324 e. The average Bonchev–Trinajstić information content (AvgIpc) is 2.67. The molecule has 4 nitrogen and oxygen atoms in total. The molecule has 1 heterocycles. The van der Waals surface area contributed by atoms with E-state index in [0.717, 1.165) is 11.1 Å². The first-order valence-corrected chi connectivity index (χ1v) is 4.48. The summed E-state index contributed by atoms with van der Waals surface area (Å²) in [5.74, 6) is 1.42. The van der Waals surface area contributed by atoms with Crippen molar-refractivity contribution in [2.24, 2.45) is 5.73 Å². The van der Waals surface area contributed by atoms with Crippen molar-refractivity contribution >= 4 is 0 Å². The van der Waals surface area contributed by atoms with Crippen molar-refractivity contribution in [1.82, 2.24) is 15.2 Å². The Morgan fingerprint density at radius 2 is 2.14 bits per heavy atom. The molecular weight excluding hydrogens is 176 g/mol. The van der Waals surface area contributed by atoms with Crippen LogP contribution < -0.4 is 5.73 Å². The lowest BCUT2D eigenvalue weighted by atomic mass is 10.1. The second kappa shape index (κ2) is 3.59. The van der Waals surface area contributed by atoms with Crippen LogP contribution in [0.1, 0.15) is 11.4 Å². The number of aryl methyl sites for hydroxylation is 1. The van der Waals surface area contributed by atoms with Crippen molar-refractivity contribution in [3.8, 4) is 11.4 Å². The molecule has 2 rings (SSSR count). The van der Waals surface area contributed by atoms with E-state index in [2.05, 4.69) is 15.2 Å². The fourth-order valence-corrected chi connectivity index (χ4v) is 1.33. The Kier molecular flexibility index (Phi) is 2.28. The quantitative estimate of drug-likeness (QED) is 0.745. The van der Waals surface area contributed by atoms with Gasteiger partial charge in [0.25, 0.3) is 0 Å². The van der Waals surface area contributed by atoms with Crippen molar-refractivity contribution in [3.05, 3.63) is 35.7 Å². The Bertz CT molecular complexity index is 433. The fourth-order valence-electron chi connectivity index (χ4n) is 1.33. The zero-order chi connectivity index (χ0) is 9.97. The third kappa shape index (κ3) is 1.52. The van der Waals surface area contributed by atoms with E-state index in [9.17, 15) is 0 Å². The van der Waals surface area contributed by atoms with Crippen LogP contribution in [0.4, 0.5) is 0 Å². The molecule has 0 aliphatic rings. The van der Waals surface area contributed by atoms with E-state index in [-0.39, 0.29) is 0 Å². The van der Waals surface area contributed by atoms with Crippen LogP contribution in [0.15, 0.2) is 24.3 Å². The maximum absolute atomic E-state index is 5.45. The van der Waals surface area contributed by atoms with Crippen LogP contribution >= 0.6 is 0 Å². The molecule has 0 amide bonds. The highest BCUT2D eigenvalue weighted by atomic mass is 15.2. The second-order valence-electron chi connectivity index (χ2n) is 3.12. The number of aromatic nitrogens is 3. The predicted octanol–water partition coefficient (Wildman–Crippen LogP) is 1.24. The summed E-state index contributed by atoms with van der Waals surface area (Å²) >= 11 is 0. The first kappa shape index (κ1) is 8.90. The summed E-state index contributed by atoms with van der Waals surface area (Å²) in [7, 11) is 0. The molecule has 0 bridgehead atoms. The summed E-state index contributed by atoms with van der Waals surface area (Å²) in [5, 5.41) is 6.90. The third-order valence-corrected chi connectivity index (χ3v) is 2.11. The number of nitrogens with two attached hydrogens (primary N) is 1. The number of H-pyrrole nitrogens is 1. The molecule has 72 valence electrons. The summed E-state index contributed by atoms with van der Waals surface area (Å²) in [4.78, 5) is 4.27. The standard InChI is InChI=1S/C10H12N4/c1-7-4-2-3-5-8(7)10-12-9(6-11)13-14-10/h2-5H,6,11H2,1H3,(H,12,13,14). The van der Waals surface area contributed by atoms with Gasteiger partial charge in [-0.15, -0.1) is 0 Å². The summed E-state index contributed by atoms with van der Waals surface area (Å²) in [6.07, 6.45) is 0. The van der Waals surface area contributed by atoms with Crippen LogP contribution in [0.25, 0.3) is 11.4 Å². The van der Waals surface area contributed by atoms with E-state index < -0.39 is 0 Å². The molecule has 0 saturated heterocycles. The van der Waals surface area contributed by atoms with Crippen LogP contribution in [0.5, 0.6) is 0 Å². The maximum Gasteiger partial charge on any atom is 0.181 e. The van der Waals surface area contributed by atoms with Gasteiger partial charge in [0.05, 0.1) is 6.54 Å². The number of nitrogens with one attached hydrogen (secondary N) is 1. The topological polar surface area (TPSA) is 67.6 Å². The predicted molar refractivity (Wildman–Crippen MR) is 54.4 cm³/mol. The van der Waals surface area contributed by atoms with E-state index in [1.165, 1.54) is 0 Å². The van der Waals surface area contributed by atoms with Crippen molar-refractivity contribution in [3.63, 3.8) is 0 Å². The van der Waals surface area contributed by atoms with E-state index in [0.29, 0.717) is 18.2 Å². The summed E-state index contributed by atoms with van der Waals surface area (Å²) in [6, 6.07) is 8.00. The van der Waals surface area contributed by atoms with Gasteiger partial charge in [-0.3, -0.25) is 5.10 Å². The fraction of sp³-hybridized carbons (Fsp3) is 0.200. The highest BCUT2D eigenvalue weighted by Gasteiger charge is 2.06. The Hall–Kier alpha value is -1.68. The number of nitrogens with zero attached hydrogens (tertiary/aromatic N) is 2. The highest BCUT2D eigenvalue weighted by Crippen LogP contribution is 2.18. The molecular formula is C10H12N4. The average molecular weight is 188 g/mol. The van der Waals surface area contributed by atoms with E-state index in [1.54, 1.807) is 0 Å². The summed E-state index contributed by atoms with van der Waals surface area (Å²) in [6.45, 7) is 2.42. The Labute approximate surface area is 82.2 Å². The van der Waals surface area contributed by atoms with Gasteiger partial charge in [0.2, 0.25) is 0 Å².